The average Bonchev–Trinajstić information content (AvgIpc) is 2.42. The lowest BCUT2D eigenvalue weighted by molar-refractivity contribution is 0.0980. The molecule has 1 saturated carbocycles. The van der Waals surface area contributed by atoms with Crippen molar-refractivity contribution in [1.82, 2.24) is 10.3 Å². The molecule has 2 nitrogen and oxygen atoms in total. The highest BCUT2D eigenvalue weighted by molar-refractivity contribution is 5.16. The molecule has 2 unspecified atom stereocenters. The van der Waals surface area contributed by atoms with Gasteiger partial charge in [-0.1, -0.05) is 39.7 Å². The topological polar surface area (TPSA) is 24.9 Å². The fourth-order valence-electron chi connectivity index (χ4n) is 3.49. The summed E-state index contributed by atoms with van der Waals surface area (Å²) in [6, 6.07) is 4.75. The highest BCUT2D eigenvalue weighted by Crippen LogP contribution is 2.46. The summed E-state index contributed by atoms with van der Waals surface area (Å²) in [4.78, 5) is 4.32. The van der Waals surface area contributed by atoms with Gasteiger partial charge in [-0.2, -0.15) is 0 Å². The number of hydrogen-bond acceptors (Lipinski definition) is 2. The van der Waals surface area contributed by atoms with Crippen LogP contribution in [0.15, 0.2) is 24.5 Å². The molecule has 0 aromatic carbocycles. The Bertz CT molecular complexity index is 372. The van der Waals surface area contributed by atoms with Gasteiger partial charge in [-0.25, -0.2) is 0 Å². The molecule has 0 bridgehead atoms. The minimum atomic E-state index is 0.430. The second kappa shape index (κ2) is 6.51. The van der Waals surface area contributed by atoms with Crippen LogP contribution in [0.4, 0.5) is 0 Å². The minimum absolute atomic E-state index is 0.430. The van der Waals surface area contributed by atoms with E-state index in [-0.39, 0.29) is 0 Å². The number of nitrogens with zero attached hydrogens (tertiary/aromatic N) is 1. The van der Waals surface area contributed by atoms with Gasteiger partial charge in [0.05, 0.1) is 0 Å². The van der Waals surface area contributed by atoms with Crippen molar-refractivity contribution in [2.24, 2.45) is 11.3 Å². The first-order valence-electron chi connectivity index (χ1n) is 7.78. The molecule has 2 rings (SSSR count). The van der Waals surface area contributed by atoms with Crippen LogP contribution >= 0.6 is 0 Å². The zero-order chi connectivity index (χ0) is 13.7. The minimum Gasteiger partial charge on any atom is -0.310 e. The van der Waals surface area contributed by atoms with Crippen LogP contribution in [0.1, 0.15) is 64.5 Å². The van der Waals surface area contributed by atoms with E-state index >= 15 is 0 Å². The van der Waals surface area contributed by atoms with Crippen molar-refractivity contribution < 1.29 is 0 Å². The highest BCUT2D eigenvalue weighted by Gasteiger charge is 2.37. The van der Waals surface area contributed by atoms with Crippen molar-refractivity contribution in [2.45, 2.75) is 58.9 Å². The van der Waals surface area contributed by atoms with Crippen LogP contribution in [0.2, 0.25) is 0 Å². The molecule has 2 atom stereocenters. The normalized spacial score (nSPS) is 24.1. The molecule has 106 valence electrons. The second-order valence-electron chi connectivity index (χ2n) is 6.56. The van der Waals surface area contributed by atoms with E-state index in [4.69, 9.17) is 0 Å². The smallest absolute Gasteiger partial charge is 0.0369 e. The summed E-state index contributed by atoms with van der Waals surface area (Å²) in [5.41, 5.74) is 1.79. The number of rotatable bonds is 5. The van der Waals surface area contributed by atoms with Crippen LogP contribution in [-0.4, -0.2) is 11.5 Å². The predicted octanol–water partition coefficient (Wildman–Crippen LogP) is 4.34. The van der Waals surface area contributed by atoms with Gasteiger partial charge in [0.15, 0.2) is 0 Å². The largest absolute Gasteiger partial charge is 0.310 e. The molecule has 1 aromatic heterocycles. The van der Waals surface area contributed by atoms with Crippen molar-refractivity contribution in [3.63, 3.8) is 0 Å². The lowest BCUT2D eigenvalue weighted by Crippen LogP contribution is -2.39. The van der Waals surface area contributed by atoms with Crippen molar-refractivity contribution in [3.8, 4) is 0 Å². The van der Waals surface area contributed by atoms with Gasteiger partial charge in [-0.3, -0.25) is 4.98 Å². The molecule has 1 aliphatic rings. The molecule has 1 heterocycles. The molecule has 0 amide bonds. The Balaban J connectivity index is 2.21. The third kappa shape index (κ3) is 3.56. The van der Waals surface area contributed by atoms with Crippen LogP contribution in [-0.2, 0) is 0 Å². The first-order chi connectivity index (χ1) is 9.15. The van der Waals surface area contributed by atoms with Gasteiger partial charge in [-0.05, 0) is 48.8 Å². The summed E-state index contributed by atoms with van der Waals surface area (Å²) in [6.45, 7) is 8.20. The molecular weight excluding hydrogens is 232 g/mol. The molecule has 0 aliphatic heterocycles. The Morgan fingerprint density at radius 2 is 2.26 bits per heavy atom. The van der Waals surface area contributed by atoms with E-state index in [9.17, 15) is 0 Å². The SMILES string of the molecule is CCCNC(c1cccnc1)C1CCCCC1(C)C. The zero-order valence-electron chi connectivity index (χ0n) is 12.7. The van der Waals surface area contributed by atoms with Crippen LogP contribution in [0.3, 0.4) is 0 Å². The molecule has 0 saturated heterocycles. The fraction of sp³-hybridized carbons (Fsp3) is 0.706. The fourth-order valence-corrected chi connectivity index (χ4v) is 3.49. The average molecular weight is 260 g/mol. The quantitative estimate of drug-likeness (QED) is 0.852. The molecule has 2 heteroatoms. The van der Waals surface area contributed by atoms with Gasteiger partial charge in [-0.15, -0.1) is 0 Å². The van der Waals surface area contributed by atoms with Gasteiger partial charge in [0, 0.05) is 18.4 Å². The van der Waals surface area contributed by atoms with E-state index < -0.39 is 0 Å². The summed E-state index contributed by atoms with van der Waals surface area (Å²) in [5, 5.41) is 3.77. The molecule has 1 aromatic rings. The van der Waals surface area contributed by atoms with Crippen molar-refractivity contribution in [3.05, 3.63) is 30.1 Å². The number of nitrogens with one attached hydrogen (secondary N) is 1. The van der Waals surface area contributed by atoms with Crippen molar-refractivity contribution >= 4 is 0 Å². The Kier molecular flexibility index (Phi) is 4.98. The maximum absolute atomic E-state index is 4.32. The van der Waals surface area contributed by atoms with E-state index in [1.807, 2.05) is 12.4 Å². The molecule has 0 radical (unpaired) electrons. The number of hydrogen-bond donors (Lipinski definition) is 1. The van der Waals surface area contributed by atoms with Crippen LogP contribution < -0.4 is 5.32 Å². The summed E-state index contributed by atoms with van der Waals surface area (Å²) < 4.78 is 0. The van der Waals surface area contributed by atoms with E-state index in [0.29, 0.717) is 11.5 Å². The summed E-state index contributed by atoms with van der Waals surface area (Å²) in [6.07, 6.45) is 10.5. The van der Waals surface area contributed by atoms with Gasteiger partial charge in [0.25, 0.3) is 0 Å². The third-order valence-electron chi connectivity index (χ3n) is 4.65. The Morgan fingerprint density at radius 1 is 1.42 bits per heavy atom. The van der Waals surface area contributed by atoms with Crippen LogP contribution in [0.25, 0.3) is 0 Å². The monoisotopic (exact) mass is 260 g/mol. The Morgan fingerprint density at radius 3 is 2.89 bits per heavy atom. The van der Waals surface area contributed by atoms with E-state index in [2.05, 4.69) is 43.2 Å². The molecule has 1 aliphatic carbocycles. The highest BCUT2D eigenvalue weighted by atomic mass is 14.9. The lowest BCUT2D eigenvalue weighted by Gasteiger charge is -2.43. The lowest BCUT2D eigenvalue weighted by atomic mass is 9.65. The Labute approximate surface area is 118 Å². The molecule has 1 N–H and O–H groups in total. The van der Waals surface area contributed by atoms with E-state index in [1.54, 1.807) is 0 Å². The van der Waals surface area contributed by atoms with Gasteiger partial charge < -0.3 is 5.32 Å². The van der Waals surface area contributed by atoms with E-state index in [0.717, 1.165) is 12.5 Å². The summed E-state index contributed by atoms with van der Waals surface area (Å²) in [7, 11) is 0. The van der Waals surface area contributed by atoms with Gasteiger partial charge >= 0.3 is 0 Å². The molecule has 0 spiro atoms. The number of pyridine rings is 1. The van der Waals surface area contributed by atoms with Gasteiger partial charge in [0.1, 0.15) is 0 Å². The van der Waals surface area contributed by atoms with Crippen molar-refractivity contribution in [2.75, 3.05) is 6.54 Å². The summed E-state index contributed by atoms with van der Waals surface area (Å²) >= 11 is 0. The molecule has 19 heavy (non-hydrogen) atoms. The van der Waals surface area contributed by atoms with Crippen LogP contribution in [0, 0.1) is 11.3 Å². The standard InChI is InChI=1S/C17H28N2/c1-4-11-19-16(14-8-7-12-18-13-14)15-9-5-6-10-17(15,2)3/h7-8,12-13,15-16,19H,4-6,9-11H2,1-3H3. The second-order valence-corrected chi connectivity index (χ2v) is 6.56. The maximum Gasteiger partial charge on any atom is 0.0369 e. The molecule has 1 fully saturated rings. The third-order valence-corrected chi connectivity index (χ3v) is 4.65. The van der Waals surface area contributed by atoms with Gasteiger partial charge in [0.2, 0.25) is 0 Å². The molecular formula is C17H28N2. The van der Waals surface area contributed by atoms with Crippen molar-refractivity contribution in [1.29, 1.82) is 0 Å². The van der Waals surface area contributed by atoms with E-state index in [1.165, 1.54) is 37.7 Å². The Hall–Kier alpha value is -0.890. The first-order valence-corrected chi connectivity index (χ1v) is 7.78. The first kappa shape index (κ1) is 14.5. The summed E-state index contributed by atoms with van der Waals surface area (Å²) in [5.74, 6) is 0.719. The number of aromatic nitrogens is 1. The van der Waals surface area contributed by atoms with Crippen LogP contribution in [0.5, 0.6) is 0 Å². The maximum atomic E-state index is 4.32. The zero-order valence-corrected chi connectivity index (χ0v) is 12.7. The predicted molar refractivity (Wildman–Crippen MR) is 81.0 cm³/mol.